The van der Waals surface area contributed by atoms with Crippen molar-refractivity contribution in [3.8, 4) is 0 Å². The topological polar surface area (TPSA) is 69.6 Å². The Morgan fingerprint density at radius 2 is 2.00 bits per heavy atom. The summed E-state index contributed by atoms with van der Waals surface area (Å²) in [5, 5.41) is 9.05. The smallest absolute Gasteiger partial charge is 0.279 e. The van der Waals surface area contributed by atoms with Gasteiger partial charge in [0.05, 0.1) is 0 Å². The molecule has 2 rings (SSSR count). The van der Waals surface area contributed by atoms with E-state index < -0.39 is 10.2 Å². The van der Waals surface area contributed by atoms with Gasteiger partial charge in [-0.15, -0.1) is 0 Å². The molecular weight excluding hydrogens is 272 g/mol. The molecule has 5 nitrogen and oxygen atoms in total. The van der Waals surface area contributed by atoms with Crippen LogP contribution < -0.4 is 4.72 Å². The van der Waals surface area contributed by atoms with E-state index in [1.165, 1.54) is 4.31 Å². The summed E-state index contributed by atoms with van der Waals surface area (Å²) in [5.41, 5.74) is 0. The lowest BCUT2D eigenvalue weighted by molar-refractivity contribution is 0.169. The highest BCUT2D eigenvalue weighted by Crippen LogP contribution is 2.21. The van der Waals surface area contributed by atoms with Crippen LogP contribution >= 0.6 is 11.8 Å². The Labute approximate surface area is 114 Å². The highest BCUT2D eigenvalue weighted by atomic mass is 32.2. The van der Waals surface area contributed by atoms with Crippen LogP contribution in [0.2, 0.25) is 0 Å². The van der Waals surface area contributed by atoms with Crippen LogP contribution in [0.1, 0.15) is 25.7 Å². The average Bonchev–Trinajstić information content (AvgIpc) is 2.39. The molecule has 0 amide bonds. The van der Waals surface area contributed by atoms with Gasteiger partial charge in [-0.1, -0.05) is 0 Å². The number of nitrogens with one attached hydrogen (secondary N) is 1. The van der Waals surface area contributed by atoms with Gasteiger partial charge in [-0.05, 0) is 37.4 Å². The summed E-state index contributed by atoms with van der Waals surface area (Å²) in [7, 11) is -3.33. The van der Waals surface area contributed by atoms with Gasteiger partial charge < -0.3 is 5.11 Å². The lowest BCUT2D eigenvalue weighted by atomic mass is 10.00. The molecule has 0 bridgehead atoms. The largest absolute Gasteiger partial charge is 0.396 e. The second-order valence-electron chi connectivity index (χ2n) is 5.06. The van der Waals surface area contributed by atoms with Gasteiger partial charge in [0.25, 0.3) is 10.2 Å². The van der Waals surface area contributed by atoms with Gasteiger partial charge in [-0.25, -0.2) is 0 Å². The van der Waals surface area contributed by atoms with Gasteiger partial charge in [0.2, 0.25) is 0 Å². The molecule has 2 aliphatic rings. The van der Waals surface area contributed by atoms with Gasteiger partial charge in [-0.2, -0.15) is 29.2 Å². The molecular formula is C11H22N2O3S2. The van der Waals surface area contributed by atoms with Crippen LogP contribution in [0.4, 0.5) is 0 Å². The van der Waals surface area contributed by atoms with E-state index in [1.807, 2.05) is 11.8 Å². The molecule has 2 N–H and O–H groups in total. The summed E-state index contributed by atoms with van der Waals surface area (Å²) >= 11 is 1.82. The first-order valence-corrected chi connectivity index (χ1v) is 9.17. The molecule has 2 fully saturated rings. The predicted molar refractivity (Wildman–Crippen MR) is 73.8 cm³/mol. The van der Waals surface area contributed by atoms with Crippen molar-refractivity contribution in [1.29, 1.82) is 0 Å². The summed E-state index contributed by atoms with van der Waals surface area (Å²) in [6.07, 6.45) is 3.55. The van der Waals surface area contributed by atoms with Crippen LogP contribution in [-0.4, -0.2) is 55.1 Å². The molecule has 0 spiro atoms. The van der Waals surface area contributed by atoms with E-state index in [9.17, 15) is 8.42 Å². The second kappa shape index (κ2) is 6.56. The molecule has 7 heteroatoms. The van der Waals surface area contributed by atoms with Gasteiger partial charge in [0.1, 0.15) is 0 Å². The van der Waals surface area contributed by atoms with Crippen molar-refractivity contribution < 1.29 is 13.5 Å². The number of thioether (sulfide) groups is 1. The van der Waals surface area contributed by atoms with Crippen molar-refractivity contribution in [2.75, 3.05) is 31.2 Å². The fraction of sp³-hybridized carbons (Fsp3) is 1.00. The van der Waals surface area contributed by atoms with Crippen molar-refractivity contribution in [3.05, 3.63) is 0 Å². The molecule has 106 valence electrons. The minimum Gasteiger partial charge on any atom is -0.396 e. The van der Waals surface area contributed by atoms with Gasteiger partial charge >= 0.3 is 0 Å². The first kappa shape index (κ1) is 14.6. The van der Waals surface area contributed by atoms with E-state index >= 15 is 0 Å². The van der Waals surface area contributed by atoms with Crippen molar-refractivity contribution in [3.63, 3.8) is 0 Å². The Kier molecular flexibility index (Phi) is 5.32. The number of hydrogen-bond donors (Lipinski definition) is 2. The zero-order valence-corrected chi connectivity index (χ0v) is 12.2. The second-order valence-corrected chi connectivity index (χ2v) is 7.91. The van der Waals surface area contributed by atoms with E-state index in [0.717, 1.165) is 37.2 Å². The normalized spacial score (nSPS) is 28.4. The third-order valence-corrected chi connectivity index (χ3v) is 6.54. The maximum atomic E-state index is 12.2. The lowest BCUT2D eigenvalue weighted by Gasteiger charge is -2.32. The third-order valence-electron chi connectivity index (χ3n) is 3.65. The molecule has 0 radical (unpaired) electrons. The van der Waals surface area contributed by atoms with Gasteiger partial charge in [-0.3, -0.25) is 0 Å². The highest BCUT2D eigenvalue weighted by Gasteiger charge is 2.29. The van der Waals surface area contributed by atoms with Crippen LogP contribution in [-0.2, 0) is 10.2 Å². The van der Waals surface area contributed by atoms with E-state index in [4.69, 9.17) is 5.11 Å². The summed E-state index contributed by atoms with van der Waals surface area (Å²) in [5.74, 6) is 2.29. The third kappa shape index (κ3) is 3.84. The van der Waals surface area contributed by atoms with Crippen LogP contribution in [0.5, 0.6) is 0 Å². The van der Waals surface area contributed by atoms with Crippen molar-refractivity contribution >= 4 is 22.0 Å². The Balaban J connectivity index is 1.86. The molecule has 1 atom stereocenters. The predicted octanol–water partition coefficient (Wildman–Crippen LogP) is 0.421. The van der Waals surface area contributed by atoms with Crippen LogP contribution in [0.15, 0.2) is 0 Å². The quantitative estimate of drug-likeness (QED) is 0.788. The molecule has 0 aromatic carbocycles. The minimum absolute atomic E-state index is 0.0873. The number of nitrogens with zero attached hydrogens (tertiary/aromatic N) is 1. The molecule has 0 saturated carbocycles. The van der Waals surface area contributed by atoms with Crippen LogP contribution in [0, 0.1) is 5.92 Å². The fourth-order valence-corrected chi connectivity index (χ4v) is 5.09. The number of aliphatic hydroxyl groups is 1. The molecule has 18 heavy (non-hydrogen) atoms. The summed E-state index contributed by atoms with van der Waals surface area (Å²) in [4.78, 5) is 0. The number of aliphatic hydroxyl groups excluding tert-OH is 1. The van der Waals surface area contributed by atoms with E-state index in [1.54, 1.807) is 0 Å². The van der Waals surface area contributed by atoms with Crippen molar-refractivity contribution in [2.24, 2.45) is 5.92 Å². The summed E-state index contributed by atoms with van der Waals surface area (Å²) < 4.78 is 28.7. The molecule has 2 saturated heterocycles. The maximum Gasteiger partial charge on any atom is 0.279 e. The number of rotatable bonds is 4. The molecule has 0 aliphatic carbocycles. The summed E-state index contributed by atoms with van der Waals surface area (Å²) in [6.45, 7) is 1.22. The van der Waals surface area contributed by atoms with Gasteiger partial charge in [0.15, 0.2) is 0 Å². The SMILES string of the molecule is O=S(=O)(NC1CCCSC1)N1CCC(CO)CC1. The average molecular weight is 294 g/mol. The number of piperidine rings is 1. The van der Waals surface area contributed by atoms with Crippen molar-refractivity contribution in [1.82, 2.24) is 9.03 Å². The first-order valence-electron chi connectivity index (χ1n) is 6.58. The molecule has 1 unspecified atom stereocenters. The monoisotopic (exact) mass is 294 g/mol. The zero-order chi connectivity index (χ0) is 13.0. The van der Waals surface area contributed by atoms with Crippen LogP contribution in [0.25, 0.3) is 0 Å². The Hall–Kier alpha value is 0.180. The van der Waals surface area contributed by atoms with E-state index in [-0.39, 0.29) is 18.6 Å². The minimum atomic E-state index is -3.33. The molecule has 2 heterocycles. The number of hydrogen-bond acceptors (Lipinski definition) is 4. The first-order chi connectivity index (χ1) is 8.62. The zero-order valence-electron chi connectivity index (χ0n) is 10.5. The Morgan fingerprint density at radius 3 is 2.56 bits per heavy atom. The van der Waals surface area contributed by atoms with Crippen molar-refractivity contribution in [2.45, 2.75) is 31.7 Å². The Morgan fingerprint density at radius 1 is 1.28 bits per heavy atom. The summed E-state index contributed by atoms with van der Waals surface area (Å²) in [6, 6.07) is 0.0873. The Bertz CT molecular complexity index is 347. The lowest BCUT2D eigenvalue weighted by Crippen LogP contribution is -2.49. The molecule has 0 aromatic rings. The van der Waals surface area contributed by atoms with E-state index in [2.05, 4.69) is 4.72 Å². The standard InChI is InChI=1S/C11H22N2O3S2/c14-8-10-3-5-13(6-4-10)18(15,16)12-11-2-1-7-17-9-11/h10-12,14H,1-9H2. The van der Waals surface area contributed by atoms with Gasteiger partial charge in [0, 0.05) is 31.5 Å². The highest BCUT2D eigenvalue weighted by molar-refractivity contribution is 7.99. The fourth-order valence-electron chi connectivity index (χ4n) is 2.45. The molecule has 0 aromatic heterocycles. The van der Waals surface area contributed by atoms with E-state index in [0.29, 0.717) is 13.1 Å². The molecule has 2 aliphatic heterocycles. The maximum absolute atomic E-state index is 12.2. The van der Waals surface area contributed by atoms with Crippen LogP contribution in [0.3, 0.4) is 0 Å².